The summed E-state index contributed by atoms with van der Waals surface area (Å²) in [4.78, 5) is 0. The fourth-order valence-electron chi connectivity index (χ4n) is 8.37. The number of rotatable bonds is 2. The van der Waals surface area contributed by atoms with Crippen LogP contribution in [0.3, 0.4) is 0 Å². The quantitative estimate of drug-likeness (QED) is 0.194. The van der Waals surface area contributed by atoms with Gasteiger partial charge in [0.25, 0.3) is 0 Å². The van der Waals surface area contributed by atoms with Gasteiger partial charge in [0.05, 0.1) is 0 Å². The second-order valence-electron chi connectivity index (χ2n) is 13.3. The van der Waals surface area contributed by atoms with Crippen LogP contribution >= 0.6 is 0 Å². The lowest BCUT2D eigenvalue weighted by molar-refractivity contribution is 0.661. The van der Waals surface area contributed by atoms with Gasteiger partial charge in [-0.05, 0) is 123 Å². The van der Waals surface area contributed by atoms with E-state index in [-0.39, 0.29) is 5.41 Å². The normalized spacial score (nSPS) is 13.7. The molecule has 0 spiro atoms. The van der Waals surface area contributed by atoms with E-state index in [0.717, 1.165) is 0 Å². The Hall–Kier alpha value is -5.46. The van der Waals surface area contributed by atoms with Gasteiger partial charge in [-0.25, -0.2) is 0 Å². The van der Waals surface area contributed by atoms with Crippen LogP contribution < -0.4 is 0 Å². The summed E-state index contributed by atoms with van der Waals surface area (Å²) in [6.07, 6.45) is 0. The van der Waals surface area contributed by atoms with Crippen molar-refractivity contribution in [2.45, 2.75) is 19.3 Å². The fourth-order valence-corrected chi connectivity index (χ4v) is 8.37. The Bertz CT molecular complexity index is 2540. The predicted molar refractivity (Wildman–Crippen MR) is 192 cm³/mol. The van der Waals surface area contributed by atoms with Gasteiger partial charge in [-0.3, -0.25) is 0 Å². The second kappa shape index (κ2) is 8.80. The molecule has 10 rings (SSSR count). The Labute approximate surface area is 263 Å². The third kappa shape index (κ3) is 3.37. The lowest BCUT2D eigenvalue weighted by Gasteiger charge is -2.21. The van der Waals surface area contributed by atoms with E-state index in [1.807, 2.05) is 0 Å². The first kappa shape index (κ1) is 24.9. The van der Waals surface area contributed by atoms with Crippen LogP contribution in [0.15, 0.2) is 146 Å². The van der Waals surface area contributed by atoms with Crippen molar-refractivity contribution in [1.29, 1.82) is 0 Å². The summed E-state index contributed by atoms with van der Waals surface area (Å²) in [5.74, 6) is 0. The van der Waals surface area contributed by atoms with Gasteiger partial charge in [0, 0.05) is 5.41 Å². The predicted octanol–water partition coefficient (Wildman–Crippen LogP) is 12.4. The monoisotopic (exact) mass is 570 g/mol. The van der Waals surface area contributed by atoms with Crippen LogP contribution in [-0.2, 0) is 5.41 Å². The van der Waals surface area contributed by atoms with Crippen LogP contribution in [0.4, 0.5) is 0 Å². The number of benzene rings is 8. The molecule has 0 N–H and O–H groups in total. The lowest BCUT2D eigenvalue weighted by atomic mass is 9.82. The van der Waals surface area contributed by atoms with Crippen LogP contribution in [-0.4, -0.2) is 0 Å². The van der Waals surface area contributed by atoms with Gasteiger partial charge in [0.1, 0.15) is 0 Å². The van der Waals surface area contributed by atoms with Crippen LogP contribution in [0.5, 0.6) is 0 Å². The van der Waals surface area contributed by atoms with Crippen molar-refractivity contribution >= 4 is 32.3 Å². The fraction of sp³-hybridized carbons (Fsp3) is 0.0667. The van der Waals surface area contributed by atoms with Crippen molar-refractivity contribution in [3.63, 3.8) is 0 Å². The van der Waals surface area contributed by atoms with Gasteiger partial charge >= 0.3 is 0 Å². The molecule has 0 bridgehead atoms. The van der Waals surface area contributed by atoms with E-state index in [0.29, 0.717) is 0 Å². The van der Waals surface area contributed by atoms with Crippen molar-refractivity contribution in [2.24, 2.45) is 0 Å². The third-order valence-electron chi connectivity index (χ3n) is 10.6. The molecule has 2 aliphatic carbocycles. The molecule has 8 aromatic rings. The van der Waals surface area contributed by atoms with Gasteiger partial charge in [0.2, 0.25) is 0 Å². The Balaban J connectivity index is 1.11. The zero-order valence-corrected chi connectivity index (χ0v) is 25.4. The third-order valence-corrected chi connectivity index (χ3v) is 10.6. The molecule has 0 heterocycles. The Morgan fingerprint density at radius 2 is 1.02 bits per heavy atom. The highest BCUT2D eigenvalue weighted by Gasteiger charge is 2.35. The molecule has 0 saturated carbocycles. The summed E-state index contributed by atoms with van der Waals surface area (Å²) in [6, 6.07) is 54.6. The molecule has 2 aliphatic rings. The van der Waals surface area contributed by atoms with Crippen molar-refractivity contribution < 1.29 is 0 Å². The second-order valence-corrected chi connectivity index (χ2v) is 13.3. The van der Waals surface area contributed by atoms with E-state index in [4.69, 9.17) is 0 Å². The molecule has 0 saturated heterocycles. The standard InChI is InChI=1S/C45H30/c1-45(2)40-16-6-5-13-35(40)38-24-31-22-21-30(23-33(31)26-41(38)45)27-17-19-29(20-18-27)43-34-12-4-3-9-32(34)25-39-36-14-7-10-28-11-8-15-37(42(28)36)44(39)43/h3-26H,1-2H3. The summed E-state index contributed by atoms with van der Waals surface area (Å²) in [5, 5.41) is 7.86. The maximum atomic E-state index is 2.43. The van der Waals surface area contributed by atoms with Gasteiger partial charge in [0.15, 0.2) is 0 Å². The van der Waals surface area contributed by atoms with E-state index >= 15 is 0 Å². The van der Waals surface area contributed by atoms with Crippen molar-refractivity contribution in [1.82, 2.24) is 0 Å². The molecule has 0 aromatic heterocycles. The molecular formula is C45H30. The molecule has 0 fully saturated rings. The molecule has 8 aromatic carbocycles. The molecular weight excluding hydrogens is 540 g/mol. The molecule has 0 atom stereocenters. The molecule has 210 valence electrons. The summed E-state index contributed by atoms with van der Waals surface area (Å²) in [5.41, 5.74) is 16.1. The molecule has 0 radical (unpaired) electrons. The van der Waals surface area contributed by atoms with Crippen molar-refractivity contribution in [2.75, 3.05) is 0 Å². The van der Waals surface area contributed by atoms with Gasteiger partial charge in [-0.15, -0.1) is 0 Å². The van der Waals surface area contributed by atoms with E-state index in [1.165, 1.54) is 99.1 Å². The largest absolute Gasteiger partial charge is 0.0619 e. The molecule has 0 unspecified atom stereocenters. The summed E-state index contributed by atoms with van der Waals surface area (Å²) >= 11 is 0. The maximum Gasteiger partial charge on any atom is 0.0159 e. The molecule has 45 heavy (non-hydrogen) atoms. The lowest BCUT2D eigenvalue weighted by Crippen LogP contribution is -2.14. The minimum atomic E-state index is 0.000471. The Morgan fingerprint density at radius 3 is 1.89 bits per heavy atom. The van der Waals surface area contributed by atoms with Crippen molar-refractivity contribution in [3.05, 3.63) is 157 Å². The molecule has 0 heteroatoms. The summed E-state index contributed by atoms with van der Waals surface area (Å²) in [7, 11) is 0. The van der Waals surface area contributed by atoms with E-state index < -0.39 is 0 Å². The highest BCUT2D eigenvalue weighted by molar-refractivity contribution is 6.22. The van der Waals surface area contributed by atoms with Crippen LogP contribution in [0.1, 0.15) is 25.0 Å². The van der Waals surface area contributed by atoms with Gasteiger partial charge in [-0.1, -0.05) is 135 Å². The van der Waals surface area contributed by atoms with Gasteiger partial charge < -0.3 is 0 Å². The van der Waals surface area contributed by atoms with E-state index in [2.05, 4.69) is 159 Å². The maximum absolute atomic E-state index is 2.43. The number of fused-ring (bicyclic) bond motifs is 8. The zero-order valence-electron chi connectivity index (χ0n) is 25.4. The molecule has 0 aliphatic heterocycles. The average molecular weight is 571 g/mol. The van der Waals surface area contributed by atoms with E-state index in [1.54, 1.807) is 0 Å². The minimum absolute atomic E-state index is 0.000471. The summed E-state index contributed by atoms with van der Waals surface area (Å²) < 4.78 is 0. The highest BCUT2D eigenvalue weighted by atomic mass is 14.4. The first-order chi connectivity index (χ1) is 22.1. The van der Waals surface area contributed by atoms with Crippen LogP contribution in [0.2, 0.25) is 0 Å². The van der Waals surface area contributed by atoms with Crippen molar-refractivity contribution in [3.8, 4) is 55.6 Å². The van der Waals surface area contributed by atoms with Crippen LogP contribution in [0, 0.1) is 0 Å². The minimum Gasteiger partial charge on any atom is -0.0619 e. The SMILES string of the molecule is CC1(C)c2ccccc2-c2cc3ccc(-c4ccc(-c5c6c(cc7ccccc57)-c5cccc7cccc-6c57)cc4)cc3cc21. The smallest absolute Gasteiger partial charge is 0.0159 e. The first-order valence-electron chi connectivity index (χ1n) is 15.9. The first-order valence-corrected chi connectivity index (χ1v) is 15.9. The topological polar surface area (TPSA) is 0 Å². The van der Waals surface area contributed by atoms with Gasteiger partial charge in [-0.2, -0.15) is 0 Å². The van der Waals surface area contributed by atoms with Crippen LogP contribution in [0.25, 0.3) is 88.0 Å². The average Bonchev–Trinajstić information content (AvgIpc) is 3.52. The summed E-state index contributed by atoms with van der Waals surface area (Å²) in [6.45, 7) is 4.71. The zero-order chi connectivity index (χ0) is 29.9. The van der Waals surface area contributed by atoms with E-state index in [9.17, 15) is 0 Å². The number of hydrogen-bond donors (Lipinski definition) is 0. The Kier molecular flexibility index (Phi) is 4.88. The molecule has 0 amide bonds. The molecule has 0 nitrogen and oxygen atoms in total. The number of hydrogen-bond acceptors (Lipinski definition) is 0. The highest BCUT2D eigenvalue weighted by Crippen LogP contribution is 2.54. The Morgan fingerprint density at radius 1 is 0.356 bits per heavy atom.